The van der Waals surface area contributed by atoms with Crippen molar-refractivity contribution in [2.45, 2.75) is 26.3 Å². The third-order valence-corrected chi connectivity index (χ3v) is 3.98. The molecule has 0 saturated carbocycles. The Kier molecular flexibility index (Phi) is 4.12. The standard InChI is InChI=1S/C18H18N6O/c1-2-16-21-17(25-22-16)7-11-23-12-9-19-18(23)14-5-3-6-15(13-14)24-10-4-8-20-24/h3-6,8-10,12-13H,2,7,11H2,1H3. The van der Waals surface area contributed by atoms with Gasteiger partial charge in [0.05, 0.1) is 5.69 Å². The molecular formula is C18H18N6O. The number of nitrogens with zero attached hydrogens (tertiary/aromatic N) is 6. The lowest BCUT2D eigenvalue weighted by Gasteiger charge is -2.08. The van der Waals surface area contributed by atoms with Crippen molar-refractivity contribution in [3.8, 4) is 17.1 Å². The van der Waals surface area contributed by atoms with E-state index < -0.39 is 0 Å². The van der Waals surface area contributed by atoms with Gasteiger partial charge in [0.2, 0.25) is 5.89 Å². The fourth-order valence-corrected chi connectivity index (χ4v) is 2.71. The molecule has 126 valence electrons. The summed E-state index contributed by atoms with van der Waals surface area (Å²) in [4.78, 5) is 8.86. The highest BCUT2D eigenvalue weighted by Gasteiger charge is 2.10. The number of imidazole rings is 1. The summed E-state index contributed by atoms with van der Waals surface area (Å²) in [7, 11) is 0. The van der Waals surface area contributed by atoms with Crippen molar-refractivity contribution >= 4 is 0 Å². The molecule has 0 aliphatic carbocycles. The Morgan fingerprint density at radius 1 is 1.12 bits per heavy atom. The Morgan fingerprint density at radius 3 is 2.88 bits per heavy atom. The predicted octanol–water partition coefficient (Wildman–Crippen LogP) is 2.92. The van der Waals surface area contributed by atoms with Gasteiger partial charge in [-0.15, -0.1) is 0 Å². The van der Waals surface area contributed by atoms with Crippen molar-refractivity contribution < 1.29 is 4.52 Å². The van der Waals surface area contributed by atoms with Crippen molar-refractivity contribution in [1.82, 2.24) is 29.5 Å². The second-order valence-electron chi connectivity index (χ2n) is 5.65. The van der Waals surface area contributed by atoms with E-state index in [-0.39, 0.29) is 0 Å². The summed E-state index contributed by atoms with van der Waals surface area (Å²) in [6.45, 7) is 2.74. The SMILES string of the molecule is CCc1noc(CCn2ccnc2-c2cccc(-n3cccn3)c2)n1. The summed E-state index contributed by atoms with van der Waals surface area (Å²) in [6.07, 6.45) is 8.92. The number of benzene rings is 1. The van der Waals surface area contributed by atoms with Crippen LogP contribution in [0.4, 0.5) is 0 Å². The zero-order valence-electron chi connectivity index (χ0n) is 13.9. The zero-order valence-corrected chi connectivity index (χ0v) is 13.9. The van der Waals surface area contributed by atoms with E-state index in [4.69, 9.17) is 4.52 Å². The Morgan fingerprint density at radius 2 is 2.08 bits per heavy atom. The van der Waals surface area contributed by atoms with Crippen molar-refractivity contribution in [2.24, 2.45) is 0 Å². The van der Waals surface area contributed by atoms with Crippen LogP contribution in [0, 0.1) is 0 Å². The van der Waals surface area contributed by atoms with Gasteiger partial charge in [0.25, 0.3) is 0 Å². The second-order valence-corrected chi connectivity index (χ2v) is 5.65. The zero-order chi connectivity index (χ0) is 17.1. The maximum atomic E-state index is 5.26. The van der Waals surface area contributed by atoms with Gasteiger partial charge >= 0.3 is 0 Å². The molecule has 0 radical (unpaired) electrons. The van der Waals surface area contributed by atoms with E-state index in [0.717, 1.165) is 35.9 Å². The quantitative estimate of drug-likeness (QED) is 0.542. The van der Waals surface area contributed by atoms with Gasteiger partial charge in [-0.05, 0) is 18.2 Å². The Labute approximate surface area is 144 Å². The van der Waals surface area contributed by atoms with Gasteiger partial charge < -0.3 is 9.09 Å². The Bertz CT molecular complexity index is 954. The number of hydrogen-bond donors (Lipinski definition) is 0. The summed E-state index contributed by atoms with van der Waals surface area (Å²) >= 11 is 0. The maximum absolute atomic E-state index is 5.26. The molecule has 25 heavy (non-hydrogen) atoms. The van der Waals surface area contributed by atoms with Crippen LogP contribution < -0.4 is 0 Å². The molecule has 0 bridgehead atoms. The average molecular weight is 334 g/mol. The molecule has 0 N–H and O–H groups in total. The predicted molar refractivity (Wildman–Crippen MR) is 92.2 cm³/mol. The van der Waals surface area contributed by atoms with Crippen LogP contribution in [0.1, 0.15) is 18.6 Å². The van der Waals surface area contributed by atoms with E-state index in [2.05, 4.69) is 30.9 Å². The van der Waals surface area contributed by atoms with Crippen LogP contribution in [0.25, 0.3) is 17.1 Å². The fraction of sp³-hybridized carbons (Fsp3) is 0.222. The third kappa shape index (κ3) is 3.21. The lowest BCUT2D eigenvalue weighted by Crippen LogP contribution is -2.03. The minimum absolute atomic E-state index is 0.654. The van der Waals surface area contributed by atoms with Crippen LogP contribution in [0.5, 0.6) is 0 Å². The van der Waals surface area contributed by atoms with Crippen LogP contribution in [0.15, 0.2) is 59.6 Å². The van der Waals surface area contributed by atoms with Crippen LogP contribution in [0.3, 0.4) is 0 Å². The molecule has 0 amide bonds. The summed E-state index contributed by atoms with van der Waals surface area (Å²) in [5.74, 6) is 2.30. The van der Waals surface area contributed by atoms with Gasteiger partial charge in [0, 0.05) is 49.7 Å². The molecule has 0 unspecified atom stereocenters. The van der Waals surface area contributed by atoms with E-state index in [1.54, 1.807) is 12.4 Å². The topological polar surface area (TPSA) is 74.6 Å². The molecule has 1 aromatic carbocycles. The molecule has 7 heteroatoms. The molecule has 3 heterocycles. The summed E-state index contributed by atoms with van der Waals surface area (Å²) in [5, 5.41) is 8.21. The van der Waals surface area contributed by atoms with Crippen molar-refractivity contribution in [2.75, 3.05) is 0 Å². The number of aryl methyl sites for hydroxylation is 3. The van der Waals surface area contributed by atoms with Crippen molar-refractivity contribution in [1.29, 1.82) is 0 Å². The van der Waals surface area contributed by atoms with E-state index in [9.17, 15) is 0 Å². The monoisotopic (exact) mass is 334 g/mol. The van der Waals surface area contributed by atoms with Crippen LogP contribution in [-0.4, -0.2) is 29.5 Å². The highest BCUT2D eigenvalue weighted by Crippen LogP contribution is 2.21. The molecule has 0 aliphatic heterocycles. The first-order valence-electron chi connectivity index (χ1n) is 8.26. The normalized spacial score (nSPS) is 11.1. The molecule has 0 aliphatic rings. The number of rotatable bonds is 6. The van der Waals surface area contributed by atoms with Crippen molar-refractivity contribution in [3.63, 3.8) is 0 Å². The number of hydrogen-bond acceptors (Lipinski definition) is 5. The van der Waals surface area contributed by atoms with E-state index in [0.29, 0.717) is 12.3 Å². The van der Waals surface area contributed by atoms with Crippen LogP contribution >= 0.6 is 0 Å². The molecule has 0 fully saturated rings. The van der Waals surface area contributed by atoms with Gasteiger partial charge in [-0.1, -0.05) is 24.2 Å². The molecule has 0 saturated heterocycles. The van der Waals surface area contributed by atoms with E-state index >= 15 is 0 Å². The van der Waals surface area contributed by atoms with Crippen molar-refractivity contribution in [3.05, 3.63) is 66.8 Å². The summed E-state index contributed by atoms with van der Waals surface area (Å²) in [6, 6.07) is 10.1. The molecule has 4 aromatic rings. The lowest BCUT2D eigenvalue weighted by molar-refractivity contribution is 0.367. The maximum Gasteiger partial charge on any atom is 0.228 e. The smallest absolute Gasteiger partial charge is 0.228 e. The van der Waals surface area contributed by atoms with E-state index in [1.165, 1.54) is 0 Å². The minimum Gasteiger partial charge on any atom is -0.339 e. The lowest BCUT2D eigenvalue weighted by atomic mass is 10.2. The van der Waals surface area contributed by atoms with Gasteiger partial charge in [0.1, 0.15) is 5.82 Å². The molecule has 0 spiro atoms. The molecular weight excluding hydrogens is 316 g/mol. The highest BCUT2D eigenvalue weighted by molar-refractivity contribution is 5.59. The number of aromatic nitrogens is 6. The van der Waals surface area contributed by atoms with Crippen LogP contribution in [-0.2, 0) is 19.4 Å². The van der Waals surface area contributed by atoms with Gasteiger partial charge in [-0.25, -0.2) is 9.67 Å². The average Bonchev–Trinajstić information content (AvgIpc) is 3.41. The van der Waals surface area contributed by atoms with E-state index in [1.807, 2.05) is 48.3 Å². The molecule has 4 rings (SSSR count). The largest absolute Gasteiger partial charge is 0.339 e. The summed E-state index contributed by atoms with van der Waals surface area (Å²) in [5.41, 5.74) is 2.04. The molecule has 0 atom stereocenters. The molecule has 3 aromatic heterocycles. The first kappa shape index (κ1) is 15.3. The minimum atomic E-state index is 0.654. The fourth-order valence-electron chi connectivity index (χ4n) is 2.71. The second kappa shape index (κ2) is 6.72. The first-order chi connectivity index (χ1) is 12.3. The Hall–Kier alpha value is -3.22. The highest BCUT2D eigenvalue weighted by atomic mass is 16.5. The Balaban J connectivity index is 1.56. The van der Waals surface area contributed by atoms with Gasteiger partial charge in [-0.3, -0.25) is 0 Å². The summed E-state index contributed by atoms with van der Waals surface area (Å²) < 4.78 is 9.19. The molecule has 7 nitrogen and oxygen atoms in total. The van der Waals surface area contributed by atoms with Gasteiger partial charge in [-0.2, -0.15) is 10.1 Å². The third-order valence-electron chi connectivity index (χ3n) is 3.98. The van der Waals surface area contributed by atoms with Crippen LogP contribution in [0.2, 0.25) is 0 Å². The first-order valence-corrected chi connectivity index (χ1v) is 8.26. The van der Waals surface area contributed by atoms with Gasteiger partial charge in [0.15, 0.2) is 5.82 Å².